The molecule has 0 saturated heterocycles. The van der Waals surface area contributed by atoms with Crippen molar-refractivity contribution in [3.05, 3.63) is 23.0 Å². The number of aromatic nitrogens is 1. The van der Waals surface area contributed by atoms with Gasteiger partial charge in [0.1, 0.15) is 6.10 Å². The summed E-state index contributed by atoms with van der Waals surface area (Å²) >= 11 is 0. The minimum absolute atomic E-state index is 0.183. The topological polar surface area (TPSA) is 80.3 Å². The lowest BCUT2D eigenvalue weighted by molar-refractivity contribution is -0.125. The fourth-order valence-corrected chi connectivity index (χ4v) is 1.56. The highest BCUT2D eigenvalue weighted by Crippen LogP contribution is 2.12. The van der Waals surface area contributed by atoms with Crippen LogP contribution in [0.5, 0.6) is 0 Å². The van der Waals surface area contributed by atoms with Crippen LogP contribution >= 0.6 is 0 Å². The van der Waals surface area contributed by atoms with Crippen LogP contribution in [-0.4, -0.2) is 28.2 Å². The Kier molecular flexibility index (Phi) is 4.09. The minimum atomic E-state index is -1.12. The summed E-state index contributed by atoms with van der Waals surface area (Å²) in [4.78, 5) is 10.6. The van der Waals surface area contributed by atoms with Crippen LogP contribution in [0.4, 0.5) is 0 Å². The number of aliphatic hydroxyl groups excluding tert-OH is 1. The number of amides is 1. The number of hydrogen-bond acceptors (Lipinski definition) is 3. The Bertz CT molecular complexity index is 385. The molecule has 0 aliphatic rings. The van der Waals surface area contributed by atoms with E-state index in [1.165, 1.54) is 11.4 Å². The molecule has 0 aliphatic carbocycles. The Morgan fingerprint density at radius 2 is 2.25 bits per heavy atom. The zero-order valence-corrected chi connectivity index (χ0v) is 9.95. The van der Waals surface area contributed by atoms with Gasteiger partial charge in [0.25, 0.3) is 0 Å². The van der Waals surface area contributed by atoms with Gasteiger partial charge in [0.15, 0.2) is 0 Å². The number of carbonyl (C=O) groups excluding carboxylic acids is 1. The van der Waals surface area contributed by atoms with E-state index in [0.717, 1.165) is 5.56 Å². The number of nitrogens with one attached hydrogen (secondary N) is 1. The van der Waals surface area contributed by atoms with E-state index in [-0.39, 0.29) is 6.54 Å². The Hall–Kier alpha value is -1.33. The van der Waals surface area contributed by atoms with E-state index in [1.807, 2.05) is 20.9 Å². The average Bonchev–Trinajstić information content (AvgIpc) is 2.46. The van der Waals surface area contributed by atoms with Gasteiger partial charge in [-0.05, 0) is 25.5 Å². The van der Waals surface area contributed by atoms with Gasteiger partial charge in [0, 0.05) is 31.5 Å². The molecule has 5 heteroatoms. The van der Waals surface area contributed by atoms with E-state index < -0.39 is 12.0 Å². The van der Waals surface area contributed by atoms with Crippen LogP contribution in [0.25, 0.3) is 0 Å². The molecule has 1 rings (SSSR count). The number of aryl methyl sites for hydroxylation is 1. The highest BCUT2D eigenvalue weighted by Gasteiger charge is 2.10. The maximum absolute atomic E-state index is 10.6. The van der Waals surface area contributed by atoms with Crippen molar-refractivity contribution in [2.75, 3.05) is 6.54 Å². The normalized spacial score (nSPS) is 12.8. The lowest BCUT2D eigenvalue weighted by Gasteiger charge is -2.08. The number of carbonyl (C=O) groups is 1. The van der Waals surface area contributed by atoms with Gasteiger partial charge >= 0.3 is 0 Å². The van der Waals surface area contributed by atoms with E-state index in [2.05, 4.69) is 16.0 Å². The number of rotatable bonds is 5. The lowest BCUT2D eigenvalue weighted by Crippen LogP contribution is -2.37. The highest BCUT2D eigenvalue weighted by molar-refractivity contribution is 5.78. The molecule has 1 atom stereocenters. The standard InChI is InChI=1S/C11H19N3O2/c1-7-4-9(8(2)14(7)3)5-13-6-10(15)11(12)16/h4,10,13,15H,5-6H2,1-3H3,(H2,12,16). The molecule has 5 nitrogen and oxygen atoms in total. The smallest absolute Gasteiger partial charge is 0.247 e. The first-order valence-corrected chi connectivity index (χ1v) is 5.23. The van der Waals surface area contributed by atoms with Gasteiger partial charge in [-0.1, -0.05) is 0 Å². The predicted molar refractivity (Wildman–Crippen MR) is 61.8 cm³/mol. The summed E-state index contributed by atoms with van der Waals surface area (Å²) < 4.78 is 2.10. The van der Waals surface area contributed by atoms with Crippen LogP contribution in [0.15, 0.2) is 6.07 Å². The fourth-order valence-electron chi connectivity index (χ4n) is 1.56. The number of primary amides is 1. The molecule has 1 amide bonds. The number of nitrogens with two attached hydrogens (primary N) is 1. The van der Waals surface area contributed by atoms with Crippen LogP contribution in [0, 0.1) is 13.8 Å². The second kappa shape index (κ2) is 5.14. The van der Waals surface area contributed by atoms with Crippen molar-refractivity contribution in [2.24, 2.45) is 12.8 Å². The van der Waals surface area contributed by atoms with Gasteiger partial charge in [-0.25, -0.2) is 0 Å². The van der Waals surface area contributed by atoms with Crippen molar-refractivity contribution in [1.82, 2.24) is 9.88 Å². The second-order valence-electron chi connectivity index (χ2n) is 4.00. The maximum atomic E-state index is 10.6. The Labute approximate surface area is 95.3 Å². The monoisotopic (exact) mass is 225 g/mol. The van der Waals surface area contributed by atoms with E-state index in [0.29, 0.717) is 6.54 Å². The Balaban J connectivity index is 2.49. The first kappa shape index (κ1) is 12.7. The molecule has 16 heavy (non-hydrogen) atoms. The quantitative estimate of drug-likeness (QED) is 0.636. The first-order valence-electron chi connectivity index (χ1n) is 5.23. The molecule has 1 heterocycles. The minimum Gasteiger partial charge on any atom is -0.382 e. The van der Waals surface area contributed by atoms with Crippen LogP contribution in [0.2, 0.25) is 0 Å². The molecule has 0 aliphatic heterocycles. The lowest BCUT2D eigenvalue weighted by atomic mass is 10.2. The summed E-state index contributed by atoms with van der Waals surface area (Å²) in [5, 5.41) is 12.2. The molecular weight excluding hydrogens is 206 g/mol. The Morgan fingerprint density at radius 3 is 2.69 bits per heavy atom. The van der Waals surface area contributed by atoms with E-state index in [9.17, 15) is 9.90 Å². The number of aliphatic hydroxyl groups is 1. The summed E-state index contributed by atoms with van der Waals surface area (Å²) in [6, 6.07) is 2.08. The zero-order valence-electron chi connectivity index (χ0n) is 9.95. The number of nitrogens with zero attached hydrogens (tertiary/aromatic N) is 1. The van der Waals surface area contributed by atoms with Gasteiger partial charge in [-0.2, -0.15) is 0 Å². The van der Waals surface area contributed by atoms with Crippen molar-refractivity contribution in [3.8, 4) is 0 Å². The predicted octanol–water partition coefficient (Wildman–Crippen LogP) is -0.422. The molecule has 0 fully saturated rings. The van der Waals surface area contributed by atoms with Gasteiger partial charge < -0.3 is 20.7 Å². The van der Waals surface area contributed by atoms with Gasteiger partial charge in [-0.3, -0.25) is 4.79 Å². The second-order valence-corrected chi connectivity index (χ2v) is 4.00. The van der Waals surface area contributed by atoms with Crippen LogP contribution in [0.1, 0.15) is 17.0 Å². The SMILES string of the molecule is Cc1cc(CNCC(O)C(N)=O)c(C)n1C. The molecule has 0 radical (unpaired) electrons. The number of hydrogen-bond donors (Lipinski definition) is 3. The van der Waals surface area contributed by atoms with Crippen molar-refractivity contribution in [2.45, 2.75) is 26.5 Å². The van der Waals surface area contributed by atoms with Crippen LogP contribution in [0.3, 0.4) is 0 Å². The van der Waals surface area contributed by atoms with Gasteiger partial charge in [-0.15, -0.1) is 0 Å². The molecule has 0 spiro atoms. The van der Waals surface area contributed by atoms with Crippen molar-refractivity contribution in [3.63, 3.8) is 0 Å². The molecule has 90 valence electrons. The maximum Gasteiger partial charge on any atom is 0.247 e. The fraction of sp³-hybridized carbons (Fsp3) is 0.545. The van der Waals surface area contributed by atoms with E-state index in [4.69, 9.17) is 5.73 Å². The molecule has 1 aromatic rings. The molecule has 0 saturated carbocycles. The summed E-state index contributed by atoms with van der Waals surface area (Å²) in [5.74, 6) is -0.700. The van der Waals surface area contributed by atoms with Gasteiger partial charge in [0.2, 0.25) is 5.91 Å². The average molecular weight is 225 g/mol. The molecular formula is C11H19N3O2. The molecule has 4 N–H and O–H groups in total. The molecule has 1 aromatic heterocycles. The van der Waals surface area contributed by atoms with Crippen molar-refractivity contribution >= 4 is 5.91 Å². The third-order valence-electron chi connectivity index (χ3n) is 2.86. The zero-order chi connectivity index (χ0) is 12.3. The Morgan fingerprint density at radius 1 is 1.62 bits per heavy atom. The molecule has 1 unspecified atom stereocenters. The third-order valence-corrected chi connectivity index (χ3v) is 2.86. The third kappa shape index (κ3) is 2.84. The van der Waals surface area contributed by atoms with Crippen molar-refractivity contribution in [1.29, 1.82) is 0 Å². The summed E-state index contributed by atoms with van der Waals surface area (Å²) in [5.41, 5.74) is 8.47. The largest absolute Gasteiger partial charge is 0.382 e. The van der Waals surface area contributed by atoms with Crippen LogP contribution < -0.4 is 11.1 Å². The highest BCUT2D eigenvalue weighted by atomic mass is 16.3. The first-order chi connectivity index (χ1) is 7.43. The molecule has 0 bridgehead atoms. The molecule has 0 aromatic carbocycles. The summed E-state index contributed by atoms with van der Waals surface area (Å²) in [6.07, 6.45) is -1.12. The van der Waals surface area contributed by atoms with Crippen molar-refractivity contribution < 1.29 is 9.90 Å². The van der Waals surface area contributed by atoms with Crippen LogP contribution in [-0.2, 0) is 18.4 Å². The summed E-state index contributed by atoms with van der Waals surface area (Å²) in [6.45, 7) is 4.88. The van der Waals surface area contributed by atoms with Gasteiger partial charge in [0.05, 0.1) is 0 Å². The van der Waals surface area contributed by atoms with E-state index in [1.54, 1.807) is 0 Å². The summed E-state index contributed by atoms with van der Waals surface area (Å²) in [7, 11) is 2.01. The van der Waals surface area contributed by atoms with E-state index >= 15 is 0 Å².